The highest BCUT2D eigenvalue weighted by Gasteiger charge is 2.30. The summed E-state index contributed by atoms with van der Waals surface area (Å²) in [5, 5.41) is 5.99. The number of morpholine rings is 1. The molecule has 152 valence electrons. The standard InChI is InChI=1S/C17H25N3O5S.ClH/c1-24-15-6-5-13(19-17(21)14-4-2-3-7-18-14)12-16(15)26(22,23)20-8-10-25-11-9-20;/h5-6,12,14,18H,2-4,7-11H2,1H3,(H,19,21);1H. The molecule has 1 unspecified atom stereocenters. The summed E-state index contributed by atoms with van der Waals surface area (Å²) in [5.74, 6) is 0.106. The molecule has 10 heteroatoms. The zero-order valence-corrected chi connectivity index (χ0v) is 16.9. The van der Waals surface area contributed by atoms with Crippen LogP contribution >= 0.6 is 12.4 Å². The van der Waals surface area contributed by atoms with Crippen LogP contribution in [0.2, 0.25) is 0 Å². The Bertz CT molecular complexity index is 747. The zero-order valence-electron chi connectivity index (χ0n) is 15.3. The minimum Gasteiger partial charge on any atom is -0.495 e. The van der Waals surface area contributed by atoms with E-state index in [0.29, 0.717) is 32.0 Å². The molecule has 1 aromatic rings. The van der Waals surface area contributed by atoms with E-state index in [4.69, 9.17) is 9.47 Å². The molecule has 2 aliphatic rings. The molecule has 3 rings (SSSR count). The predicted octanol–water partition coefficient (Wildman–Crippen LogP) is 1.22. The molecule has 0 bridgehead atoms. The molecule has 0 saturated carbocycles. The largest absolute Gasteiger partial charge is 0.495 e. The van der Waals surface area contributed by atoms with Crippen molar-refractivity contribution in [2.24, 2.45) is 0 Å². The van der Waals surface area contributed by atoms with Gasteiger partial charge in [-0.15, -0.1) is 12.4 Å². The predicted molar refractivity (Wildman–Crippen MR) is 104 cm³/mol. The molecule has 8 nitrogen and oxygen atoms in total. The molecule has 1 atom stereocenters. The average molecular weight is 420 g/mol. The number of amides is 1. The van der Waals surface area contributed by atoms with E-state index < -0.39 is 10.0 Å². The van der Waals surface area contributed by atoms with Crippen molar-refractivity contribution in [2.75, 3.05) is 45.3 Å². The summed E-state index contributed by atoms with van der Waals surface area (Å²) in [4.78, 5) is 12.5. The molecule has 2 N–H and O–H groups in total. The second-order valence-corrected chi connectivity index (χ2v) is 8.28. The fourth-order valence-corrected chi connectivity index (χ4v) is 4.78. The summed E-state index contributed by atoms with van der Waals surface area (Å²) in [6.07, 6.45) is 2.85. The second-order valence-electron chi connectivity index (χ2n) is 6.37. The monoisotopic (exact) mass is 419 g/mol. The van der Waals surface area contributed by atoms with Crippen molar-refractivity contribution in [3.05, 3.63) is 18.2 Å². The van der Waals surface area contributed by atoms with Crippen molar-refractivity contribution in [1.29, 1.82) is 0 Å². The van der Waals surface area contributed by atoms with Crippen LogP contribution in [0.5, 0.6) is 5.75 Å². The van der Waals surface area contributed by atoms with Crippen molar-refractivity contribution in [1.82, 2.24) is 9.62 Å². The lowest BCUT2D eigenvalue weighted by Crippen LogP contribution is -2.43. The van der Waals surface area contributed by atoms with Crippen molar-refractivity contribution in [3.8, 4) is 5.75 Å². The van der Waals surface area contributed by atoms with E-state index in [0.717, 1.165) is 25.8 Å². The summed E-state index contributed by atoms with van der Waals surface area (Å²) >= 11 is 0. The lowest BCUT2D eigenvalue weighted by atomic mass is 10.0. The Morgan fingerprint density at radius 3 is 2.67 bits per heavy atom. The highest BCUT2D eigenvalue weighted by molar-refractivity contribution is 7.89. The number of halogens is 1. The number of carbonyl (C=O) groups is 1. The molecule has 1 aromatic carbocycles. The maximum atomic E-state index is 13.0. The number of rotatable bonds is 5. The van der Waals surface area contributed by atoms with Crippen LogP contribution in [0.4, 0.5) is 5.69 Å². The normalized spacial score (nSPS) is 21.1. The van der Waals surface area contributed by atoms with Gasteiger partial charge < -0.3 is 20.1 Å². The van der Waals surface area contributed by atoms with Crippen LogP contribution in [0.25, 0.3) is 0 Å². The van der Waals surface area contributed by atoms with E-state index in [1.807, 2.05) is 0 Å². The summed E-state index contributed by atoms with van der Waals surface area (Å²) in [7, 11) is -2.30. The van der Waals surface area contributed by atoms with Crippen molar-refractivity contribution in [2.45, 2.75) is 30.2 Å². The topological polar surface area (TPSA) is 97.0 Å². The van der Waals surface area contributed by atoms with Crippen LogP contribution in [-0.2, 0) is 19.6 Å². The first kappa shape index (κ1) is 21.9. The van der Waals surface area contributed by atoms with Gasteiger partial charge in [-0.05, 0) is 37.6 Å². The highest BCUT2D eigenvalue weighted by atomic mass is 35.5. The summed E-state index contributed by atoms with van der Waals surface area (Å²) in [6, 6.07) is 4.43. The van der Waals surface area contributed by atoms with E-state index in [-0.39, 0.29) is 35.0 Å². The molecule has 2 heterocycles. The molecule has 2 saturated heterocycles. The van der Waals surface area contributed by atoms with Crippen LogP contribution in [0.15, 0.2) is 23.1 Å². The molecule has 0 aliphatic carbocycles. The minimum atomic E-state index is -3.73. The van der Waals surface area contributed by atoms with E-state index in [1.54, 1.807) is 12.1 Å². The molecule has 2 fully saturated rings. The van der Waals surface area contributed by atoms with Crippen LogP contribution in [-0.4, -0.2) is 64.6 Å². The van der Waals surface area contributed by atoms with E-state index in [2.05, 4.69) is 10.6 Å². The summed E-state index contributed by atoms with van der Waals surface area (Å²) in [6.45, 7) is 2.15. The Morgan fingerprint density at radius 2 is 2.04 bits per heavy atom. The third-order valence-electron chi connectivity index (χ3n) is 4.65. The smallest absolute Gasteiger partial charge is 0.246 e. The Morgan fingerprint density at radius 1 is 1.30 bits per heavy atom. The summed E-state index contributed by atoms with van der Waals surface area (Å²) in [5.41, 5.74) is 0.440. The van der Waals surface area contributed by atoms with Gasteiger partial charge in [0.05, 0.1) is 26.4 Å². The SMILES string of the molecule is COc1ccc(NC(=O)C2CCCCN2)cc1S(=O)(=O)N1CCOCC1.Cl. The number of sulfonamides is 1. The number of piperidine rings is 1. The van der Waals surface area contributed by atoms with Gasteiger partial charge in [-0.1, -0.05) is 6.42 Å². The molecule has 27 heavy (non-hydrogen) atoms. The molecular weight excluding hydrogens is 394 g/mol. The van der Waals surface area contributed by atoms with Gasteiger partial charge in [-0.3, -0.25) is 4.79 Å². The maximum absolute atomic E-state index is 13.0. The van der Waals surface area contributed by atoms with Crippen LogP contribution in [0.1, 0.15) is 19.3 Å². The number of hydrogen-bond acceptors (Lipinski definition) is 6. The number of nitrogens with zero attached hydrogens (tertiary/aromatic N) is 1. The first-order chi connectivity index (χ1) is 12.5. The van der Waals surface area contributed by atoms with Crippen LogP contribution < -0.4 is 15.4 Å². The number of benzene rings is 1. The van der Waals surface area contributed by atoms with Crippen LogP contribution in [0, 0.1) is 0 Å². The fraction of sp³-hybridized carbons (Fsp3) is 0.588. The van der Waals surface area contributed by atoms with E-state index in [1.165, 1.54) is 17.5 Å². The fourth-order valence-electron chi connectivity index (χ4n) is 3.19. The van der Waals surface area contributed by atoms with Gasteiger partial charge in [0.25, 0.3) is 0 Å². The average Bonchev–Trinajstić information content (AvgIpc) is 2.69. The molecule has 0 spiro atoms. The Kier molecular flexibility index (Phi) is 7.87. The van der Waals surface area contributed by atoms with E-state index in [9.17, 15) is 13.2 Å². The quantitative estimate of drug-likeness (QED) is 0.744. The molecular formula is C17H26ClN3O5S. The Labute approximate surface area is 166 Å². The zero-order chi connectivity index (χ0) is 18.6. The van der Waals surface area contributed by atoms with Gasteiger partial charge >= 0.3 is 0 Å². The first-order valence-corrected chi connectivity index (χ1v) is 10.3. The van der Waals surface area contributed by atoms with Crippen LogP contribution in [0.3, 0.4) is 0 Å². The molecule has 0 radical (unpaired) electrons. The molecule has 1 amide bonds. The number of anilines is 1. The van der Waals surface area contributed by atoms with Gasteiger partial charge in [-0.2, -0.15) is 4.31 Å². The van der Waals surface area contributed by atoms with Crippen molar-refractivity contribution in [3.63, 3.8) is 0 Å². The maximum Gasteiger partial charge on any atom is 0.246 e. The number of ether oxygens (including phenoxy) is 2. The van der Waals surface area contributed by atoms with Gasteiger partial charge in [0.1, 0.15) is 10.6 Å². The molecule has 2 aliphatic heterocycles. The third kappa shape index (κ3) is 5.11. The lowest BCUT2D eigenvalue weighted by molar-refractivity contribution is -0.118. The van der Waals surface area contributed by atoms with Gasteiger partial charge in [-0.25, -0.2) is 8.42 Å². The number of carbonyl (C=O) groups excluding carboxylic acids is 1. The third-order valence-corrected chi connectivity index (χ3v) is 6.57. The lowest BCUT2D eigenvalue weighted by Gasteiger charge is -2.27. The van der Waals surface area contributed by atoms with E-state index >= 15 is 0 Å². The number of nitrogens with one attached hydrogen (secondary N) is 2. The van der Waals surface area contributed by atoms with Gasteiger partial charge in [0, 0.05) is 18.8 Å². The van der Waals surface area contributed by atoms with Crippen molar-refractivity contribution < 1.29 is 22.7 Å². The Hall–Kier alpha value is -1.39. The number of hydrogen-bond donors (Lipinski definition) is 2. The first-order valence-electron chi connectivity index (χ1n) is 8.82. The summed E-state index contributed by atoms with van der Waals surface area (Å²) < 4.78 is 37.8. The highest BCUT2D eigenvalue weighted by Crippen LogP contribution is 2.30. The van der Waals surface area contributed by atoms with Gasteiger partial charge in [0.2, 0.25) is 15.9 Å². The van der Waals surface area contributed by atoms with Crippen molar-refractivity contribution >= 4 is 34.0 Å². The second kappa shape index (κ2) is 9.70. The Balaban J connectivity index is 0.00000261. The molecule has 0 aromatic heterocycles. The number of methoxy groups -OCH3 is 1. The minimum absolute atomic E-state index is 0. The van der Waals surface area contributed by atoms with Gasteiger partial charge in [0.15, 0.2) is 0 Å².